The zero-order valence-electron chi connectivity index (χ0n) is 20.4. The molecule has 0 aliphatic carbocycles. The van der Waals surface area contributed by atoms with Crippen LogP contribution in [0.3, 0.4) is 0 Å². The number of sulfonamides is 1. The lowest BCUT2D eigenvalue weighted by atomic mass is 10.1. The van der Waals surface area contributed by atoms with Gasteiger partial charge in [-0.25, -0.2) is 12.8 Å². The lowest BCUT2D eigenvalue weighted by molar-refractivity contribution is -0.140. The molecule has 2 aromatic carbocycles. The van der Waals surface area contributed by atoms with Crippen molar-refractivity contribution in [1.29, 1.82) is 0 Å². The Morgan fingerprint density at radius 2 is 1.65 bits per heavy atom. The predicted octanol–water partition coefficient (Wildman–Crippen LogP) is 3.62. The van der Waals surface area contributed by atoms with Crippen LogP contribution >= 0.6 is 0 Å². The molecule has 2 rings (SSSR count). The van der Waals surface area contributed by atoms with Gasteiger partial charge in [0.2, 0.25) is 21.8 Å². The van der Waals surface area contributed by atoms with E-state index in [9.17, 15) is 22.4 Å². The highest BCUT2D eigenvalue weighted by atomic mass is 32.2. The fraction of sp³-hybridized carbons (Fsp3) is 0.440. The minimum absolute atomic E-state index is 0.0798. The number of nitrogens with one attached hydrogen (secondary N) is 1. The van der Waals surface area contributed by atoms with Crippen molar-refractivity contribution in [2.75, 3.05) is 17.1 Å². The molecule has 0 unspecified atom stereocenters. The molecule has 2 amide bonds. The second-order valence-electron chi connectivity index (χ2n) is 8.47. The van der Waals surface area contributed by atoms with Gasteiger partial charge in [0.25, 0.3) is 0 Å². The molecule has 2 aromatic rings. The number of anilines is 1. The number of hydrogen-bond donors (Lipinski definition) is 1. The van der Waals surface area contributed by atoms with Crippen LogP contribution < -0.4 is 9.62 Å². The van der Waals surface area contributed by atoms with E-state index in [0.717, 1.165) is 34.2 Å². The molecule has 0 aromatic heterocycles. The fourth-order valence-corrected chi connectivity index (χ4v) is 4.35. The van der Waals surface area contributed by atoms with Crippen LogP contribution in [0.15, 0.2) is 48.5 Å². The Hall–Kier alpha value is -2.94. The van der Waals surface area contributed by atoms with Gasteiger partial charge >= 0.3 is 0 Å². The average molecular weight is 492 g/mol. The van der Waals surface area contributed by atoms with Crippen molar-refractivity contribution in [2.45, 2.75) is 59.2 Å². The molecule has 1 N–H and O–H groups in total. The van der Waals surface area contributed by atoms with Crippen LogP contribution in [0.5, 0.6) is 0 Å². The van der Waals surface area contributed by atoms with E-state index in [1.165, 1.54) is 23.1 Å². The van der Waals surface area contributed by atoms with Gasteiger partial charge in [-0.05, 0) is 44.4 Å². The number of rotatable bonds is 11. The second-order valence-corrected chi connectivity index (χ2v) is 10.4. The zero-order valence-corrected chi connectivity index (χ0v) is 21.2. The number of aryl methyl sites for hydroxylation is 1. The van der Waals surface area contributed by atoms with Gasteiger partial charge in [-0.15, -0.1) is 0 Å². The number of carbonyl (C=O) groups excluding carboxylic acids is 2. The lowest BCUT2D eigenvalue weighted by Gasteiger charge is -2.33. The Kier molecular flexibility index (Phi) is 9.61. The van der Waals surface area contributed by atoms with Crippen molar-refractivity contribution in [2.24, 2.45) is 0 Å². The van der Waals surface area contributed by atoms with E-state index in [-0.39, 0.29) is 24.2 Å². The first-order valence-electron chi connectivity index (χ1n) is 11.4. The zero-order chi connectivity index (χ0) is 25.5. The maximum Gasteiger partial charge on any atom is 0.244 e. The maximum absolute atomic E-state index is 14.4. The summed E-state index contributed by atoms with van der Waals surface area (Å²) >= 11 is 0. The Morgan fingerprint density at radius 3 is 2.18 bits per heavy atom. The first-order chi connectivity index (χ1) is 16.0. The highest BCUT2D eigenvalue weighted by Crippen LogP contribution is 2.22. The summed E-state index contributed by atoms with van der Waals surface area (Å²) < 4.78 is 40.2. The average Bonchev–Trinajstić information content (AvgIpc) is 2.78. The van der Waals surface area contributed by atoms with Crippen molar-refractivity contribution in [3.8, 4) is 0 Å². The van der Waals surface area contributed by atoms with Crippen molar-refractivity contribution in [3.05, 3.63) is 65.5 Å². The molecule has 9 heteroatoms. The van der Waals surface area contributed by atoms with Crippen LogP contribution in [0, 0.1) is 12.7 Å². The molecule has 0 heterocycles. The van der Waals surface area contributed by atoms with Crippen LogP contribution in [0.4, 0.5) is 10.1 Å². The summed E-state index contributed by atoms with van der Waals surface area (Å²) in [5.41, 5.74) is 1.63. The summed E-state index contributed by atoms with van der Waals surface area (Å²) in [6.45, 7) is 7.04. The van der Waals surface area contributed by atoms with Gasteiger partial charge in [0.1, 0.15) is 18.4 Å². The maximum atomic E-state index is 14.4. The van der Waals surface area contributed by atoms with Crippen LogP contribution in [-0.2, 0) is 26.2 Å². The number of halogens is 1. The normalized spacial score (nSPS) is 13.1. The number of carbonyl (C=O) groups is 2. The van der Waals surface area contributed by atoms with Gasteiger partial charge < -0.3 is 10.2 Å². The van der Waals surface area contributed by atoms with Gasteiger partial charge in [0, 0.05) is 12.6 Å². The minimum Gasteiger partial charge on any atom is -0.352 e. The number of amides is 2. The molecule has 0 aliphatic heterocycles. The van der Waals surface area contributed by atoms with E-state index >= 15 is 0 Å². The Labute approximate surface area is 202 Å². The molecule has 0 radical (unpaired) electrons. The van der Waals surface area contributed by atoms with Crippen LogP contribution in [0.25, 0.3) is 0 Å². The molecule has 2 atom stereocenters. The van der Waals surface area contributed by atoms with Crippen molar-refractivity contribution < 1.29 is 22.4 Å². The summed E-state index contributed by atoms with van der Waals surface area (Å²) in [4.78, 5) is 28.0. The number of para-hydroxylation sites is 1. The summed E-state index contributed by atoms with van der Waals surface area (Å²) in [6, 6.07) is 12.0. The highest BCUT2D eigenvalue weighted by molar-refractivity contribution is 7.92. The second kappa shape index (κ2) is 12.0. The molecule has 0 spiro atoms. The monoisotopic (exact) mass is 491 g/mol. The topological polar surface area (TPSA) is 86.8 Å². The quantitative estimate of drug-likeness (QED) is 0.520. The third kappa shape index (κ3) is 7.28. The SMILES string of the molecule is CC[C@H](C)NC(=O)[C@H](CC)N(Cc1ccc(C)cc1)C(=O)CN(c1ccccc1F)S(C)(=O)=O. The first-order valence-corrected chi connectivity index (χ1v) is 13.2. The fourth-order valence-electron chi connectivity index (χ4n) is 3.50. The molecule has 0 bridgehead atoms. The minimum atomic E-state index is -3.98. The number of benzene rings is 2. The Balaban J connectivity index is 2.44. The highest BCUT2D eigenvalue weighted by Gasteiger charge is 2.32. The van der Waals surface area contributed by atoms with Gasteiger partial charge in [-0.1, -0.05) is 55.8 Å². The van der Waals surface area contributed by atoms with Crippen molar-refractivity contribution in [3.63, 3.8) is 0 Å². The van der Waals surface area contributed by atoms with Crippen LogP contribution in [0.1, 0.15) is 44.7 Å². The number of hydrogen-bond acceptors (Lipinski definition) is 4. The Bertz CT molecular complexity index is 1090. The summed E-state index contributed by atoms with van der Waals surface area (Å²) in [5, 5.41) is 2.91. The number of nitrogens with zero attached hydrogens (tertiary/aromatic N) is 2. The van der Waals surface area contributed by atoms with Gasteiger partial charge in [0.05, 0.1) is 11.9 Å². The van der Waals surface area contributed by atoms with Crippen molar-refractivity contribution in [1.82, 2.24) is 10.2 Å². The summed E-state index contributed by atoms with van der Waals surface area (Å²) in [6.07, 6.45) is 1.98. The smallest absolute Gasteiger partial charge is 0.244 e. The van der Waals surface area contributed by atoms with Crippen LogP contribution in [-0.4, -0.2) is 50.0 Å². The van der Waals surface area contributed by atoms with E-state index in [4.69, 9.17) is 0 Å². The first kappa shape index (κ1) is 27.3. The van der Waals surface area contributed by atoms with E-state index < -0.39 is 34.3 Å². The van der Waals surface area contributed by atoms with E-state index in [0.29, 0.717) is 6.42 Å². The molecule has 7 nitrogen and oxygen atoms in total. The standard InChI is InChI=1S/C25H34FN3O4S/c1-6-19(4)27-25(31)22(7-2)28(16-20-14-12-18(3)13-15-20)24(30)17-29(34(5,32)33)23-11-9-8-10-21(23)26/h8-15,19,22H,6-7,16-17H2,1-5H3,(H,27,31)/t19-,22-/m0/s1. The Morgan fingerprint density at radius 1 is 1.03 bits per heavy atom. The third-order valence-corrected chi connectivity index (χ3v) is 6.79. The molecule has 0 fully saturated rings. The molecule has 0 saturated carbocycles. The lowest BCUT2D eigenvalue weighted by Crippen LogP contribution is -2.53. The molecule has 34 heavy (non-hydrogen) atoms. The van der Waals surface area contributed by atoms with Crippen molar-refractivity contribution >= 4 is 27.5 Å². The van der Waals surface area contributed by atoms with Gasteiger partial charge in [-0.2, -0.15) is 0 Å². The van der Waals surface area contributed by atoms with E-state index in [1.54, 1.807) is 6.92 Å². The molecular formula is C25H34FN3O4S. The summed E-state index contributed by atoms with van der Waals surface area (Å²) in [5.74, 6) is -1.66. The molecular weight excluding hydrogens is 457 g/mol. The third-order valence-electron chi connectivity index (χ3n) is 5.66. The van der Waals surface area contributed by atoms with Gasteiger partial charge in [-0.3, -0.25) is 13.9 Å². The molecule has 0 saturated heterocycles. The molecule has 0 aliphatic rings. The van der Waals surface area contributed by atoms with E-state index in [2.05, 4.69) is 5.32 Å². The van der Waals surface area contributed by atoms with Gasteiger partial charge in [0.15, 0.2) is 0 Å². The predicted molar refractivity (Wildman–Crippen MR) is 132 cm³/mol. The largest absolute Gasteiger partial charge is 0.352 e. The van der Waals surface area contributed by atoms with Crippen LogP contribution in [0.2, 0.25) is 0 Å². The van der Waals surface area contributed by atoms with E-state index in [1.807, 2.05) is 45.0 Å². The summed E-state index contributed by atoms with van der Waals surface area (Å²) in [7, 11) is -3.98. The molecule has 186 valence electrons.